The Balaban J connectivity index is 0.00000338. The van der Waals surface area contributed by atoms with E-state index in [1.807, 2.05) is 0 Å². The van der Waals surface area contributed by atoms with Crippen LogP contribution in [0.1, 0.15) is 0 Å². The third kappa shape index (κ3) is 4.68. The van der Waals surface area contributed by atoms with Crippen LogP contribution in [0.15, 0.2) is 29.2 Å². The van der Waals surface area contributed by atoms with Crippen LogP contribution in [0.2, 0.25) is 0 Å². The van der Waals surface area contributed by atoms with Crippen LogP contribution in [-0.2, 0) is 19.6 Å². The second-order valence-corrected chi connectivity index (χ2v) is 7.42. The highest BCUT2D eigenvalue weighted by Gasteiger charge is 2.35. The van der Waals surface area contributed by atoms with Crippen molar-refractivity contribution in [1.82, 2.24) is 9.21 Å². The van der Waals surface area contributed by atoms with Gasteiger partial charge in [0, 0.05) is 39.4 Å². The van der Waals surface area contributed by atoms with E-state index in [0.717, 1.165) is 10.4 Å². The summed E-state index contributed by atoms with van der Waals surface area (Å²) >= 11 is 0. The van der Waals surface area contributed by atoms with Crippen molar-refractivity contribution < 1.29 is 22.9 Å². The average molecular weight is 409 g/mol. The average Bonchev–Trinajstić information content (AvgIpc) is 2.61. The first-order valence-electron chi connectivity index (χ1n) is 7.56. The van der Waals surface area contributed by atoms with Gasteiger partial charge in [0.05, 0.1) is 11.5 Å². The van der Waals surface area contributed by atoms with E-state index in [2.05, 4.69) is 0 Å². The van der Waals surface area contributed by atoms with E-state index >= 15 is 0 Å². The van der Waals surface area contributed by atoms with Crippen molar-refractivity contribution in [2.75, 3.05) is 39.9 Å². The van der Waals surface area contributed by atoms with Crippen LogP contribution >= 0.6 is 12.4 Å². The number of amides is 1. The van der Waals surface area contributed by atoms with Crippen LogP contribution in [0, 0.1) is 10.1 Å². The highest BCUT2D eigenvalue weighted by molar-refractivity contribution is 7.89. The molecule has 2 N–H and O–H groups in total. The lowest BCUT2D eigenvalue weighted by atomic mass is 10.2. The molecule has 1 heterocycles. The van der Waals surface area contributed by atoms with Gasteiger partial charge in [-0.3, -0.25) is 14.9 Å². The summed E-state index contributed by atoms with van der Waals surface area (Å²) in [6.45, 7) is 0.486. The molecule has 1 aromatic rings. The number of carbonyl (C=O) groups is 1. The minimum Gasteiger partial charge on any atom is -0.383 e. The molecule has 0 spiro atoms. The number of piperazine rings is 1. The normalized spacial score (nSPS) is 16.6. The lowest BCUT2D eigenvalue weighted by molar-refractivity contribution is -0.387. The zero-order chi connectivity index (χ0) is 18.6. The fraction of sp³-hybridized carbons (Fsp3) is 0.500. The van der Waals surface area contributed by atoms with Gasteiger partial charge in [-0.15, -0.1) is 12.4 Å². The Morgan fingerprint density at radius 3 is 2.42 bits per heavy atom. The molecule has 1 aliphatic heterocycles. The largest absolute Gasteiger partial charge is 0.383 e. The number of para-hydroxylation sites is 1. The van der Waals surface area contributed by atoms with Gasteiger partial charge in [0.1, 0.15) is 6.04 Å². The van der Waals surface area contributed by atoms with Crippen molar-refractivity contribution in [3.8, 4) is 0 Å². The lowest BCUT2D eigenvalue weighted by Crippen LogP contribution is -2.55. The highest BCUT2D eigenvalue weighted by Crippen LogP contribution is 2.26. The molecule has 0 bridgehead atoms. The zero-order valence-electron chi connectivity index (χ0n) is 14.1. The van der Waals surface area contributed by atoms with E-state index in [-0.39, 0.29) is 56.0 Å². The monoisotopic (exact) mass is 408 g/mol. The van der Waals surface area contributed by atoms with Crippen LogP contribution in [0.4, 0.5) is 5.69 Å². The number of nitrogens with zero attached hydrogens (tertiary/aromatic N) is 3. The second-order valence-electron chi connectivity index (χ2n) is 5.52. The molecular weight excluding hydrogens is 388 g/mol. The maximum atomic E-state index is 12.7. The van der Waals surface area contributed by atoms with Gasteiger partial charge in [-0.1, -0.05) is 12.1 Å². The Kier molecular flexibility index (Phi) is 7.90. The number of halogens is 1. The molecule has 1 saturated heterocycles. The number of hydrogen-bond acceptors (Lipinski definition) is 7. The third-order valence-corrected chi connectivity index (χ3v) is 5.84. The number of nitro groups is 1. The van der Waals surface area contributed by atoms with Crippen molar-refractivity contribution in [3.63, 3.8) is 0 Å². The molecule has 0 radical (unpaired) electrons. The van der Waals surface area contributed by atoms with Gasteiger partial charge in [0.25, 0.3) is 5.69 Å². The molecule has 1 aromatic carbocycles. The van der Waals surface area contributed by atoms with E-state index in [0.29, 0.717) is 0 Å². The van der Waals surface area contributed by atoms with Crippen molar-refractivity contribution >= 4 is 34.0 Å². The van der Waals surface area contributed by atoms with Crippen LogP contribution < -0.4 is 5.73 Å². The minimum atomic E-state index is -4.02. The SMILES string of the molecule is COCC(N)C(=O)N1CCN(S(=O)(=O)c2ccccc2[N+](=O)[O-])CC1.Cl. The first-order valence-corrected chi connectivity index (χ1v) is 9.00. The number of rotatable bonds is 6. The Bertz CT molecular complexity index is 752. The summed E-state index contributed by atoms with van der Waals surface area (Å²) in [7, 11) is -2.58. The van der Waals surface area contributed by atoms with Gasteiger partial charge >= 0.3 is 0 Å². The summed E-state index contributed by atoms with van der Waals surface area (Å²) in [4.78, 5) is 23.6. The fourth-order valence-corrected chi connectivity index (χ4v) is 4.18. The van der Waals surface area contributed by atoms with Gasteiger partial charge in [-0.2, -0.15) is 4.31 Å². The maximum absolute atomic E-state index is 12.7. The van der Waals surface area contributed by atoms with Gasteiger partial charge in [0.2, 0.25) is 15.9 Å². The Hall–Kier alpha value is -1.79. The molecule has 26 heavy (non-hydrogen) atoms. The molecule has 146 valence electrons. The molecule has 0 aliphatic carbocycles. The zero-order valence-corrected chi connectivity index (χ0v) is 15.7. The van der Waals surface area contributed by atoms with E-state index < -0.39 is 26.7 Å². The summed E-state index contributed by atoms with van der Waals surface area (Å²) in [5, 5.41) is 11.1. The van der Waals surface area contributed by atoms with Gasteiger partial charge < -0.3 is 15.4 Å². The van der Waals surface area contributed by atoms with E-state index in [4.69, 9.17) is 10.5 Å². The van der Waals surface area contributed by atoms with Gasteiger partial charge in [-0.05, 0) is 6.07 Å². The lowest BCUT2D eigenvalue weighted by Gasteiger charge is -2.35. The van der Waals surface area contributed by atoms with Crippen LogP contribution in [0.3, 0.4) is 0 Å². The number of hydrogen-bond donors (Lipinski definition) is 1. The Morgan fingerprint density at radius 1 is 1.31 bits per heavy atom. The fourth-order valence-electron chi connectivity index (χ4n) is 2.60. The number of sulfonamides is 1. The predicted molar refractivity (Wildman–Crippen MR) is 95.5 cm³/mol. The molecule has 1 aliphatic rings. The molecule has 1 unspecified atom stereocenters. The topological polar surface area (TPSA) is 136 Å². The van der Waals surface area contributed by atoms with Crippen molar-refractivity contribution in [1.29, 1.82) is 0 Å². The number of benzene rings is 1. The first kappa shape index (κ1) is 22.3. The van der Waals surface area contributed by atoms with Gasteiger partial charge in [0.15, 0.2) is 4.90 Å². The maximum Gasteiger partial charge on any atom is 0.289 e. The summed E-state index contributed by atoms with van der Waals surface area (Å²) < 4.78 is 31.4. The summed E-state index contributed by atoms with van der Waals surface area (Å²) in [5.41, 5.74) is 5.23. The number of carbonyl (C=O) groups excluding carboxylic acids is 1. The number of nitrogens with two attached hydrogens (primary N) is 1. The summed E-state index contributed by atoms with van der Waals surface area (Å²) in [6.07, 6.45) is 0. The molecule has 1 fully saturated rings. The quantitative estimate of drug-likeness (QED) is 0.509. The van der Waals surface area contributed by atoms with E-state index in [9.17, 15) is 23.3 Å². The standard InChI is InChI=1S/C14H20N4O6S.ClH/c1-24-10-11(15)14(19)16-6-8-17(9-7-16)25(22,23)13-5-3-2-4-12(13)18(20)21;/h2-5,11H,6-10,15H2,1H3;1H. The molecule has 0 aromatic heterocycles. The number of methoxy groups -OCH3 is 1. The summed E-state index contributed by atoms with van der Waals surface area (Å²) in [5.74, 6) is -0.315. The second kappa shape index (κ2) is 9.24. The minimum absolute atomic E-state index is 0. The summed E-state index contributed by atoms with van der Waals surface area (Å²) in [6, 6.07) is 4.40. The molecule has 1 atom stereocenters. The Morgan fingerprint density at radius 2 is 1.88 bits per heavy atom. The van der Waals surface area contributed by atoms with Crippen molar-refractivity contribution in [3.05, 3.63) is 34.4 Å². The molecule has 12 heteroatoms. The van der Waals surface area contributed by atoms with Crippen LogP contribution in [-0.4, -0.2) is 74.4 Å². The highest BCUT2D eigenvalue weighted by atomic mass is 35.5. The molecule has 1 amide bonds. The number of nitro benzene ring substituents is 1. The first-order chi connectivity index (χ1) is 11.8. The van der Waals surface area contributed by atoms with E-state index in [1.165, 1.54) is 30.2 Å². The smallest absolute Gasteiger partial charge is 0.289 e. The van der Waals surface area contributed by atoms with Gasteiger partial charge in [-0.25, -0.2) is 8.42 Å². The molecular formula is C14H21ClN4O6S. The van der Waals surface area contributed by atoms with Crippen LogP contribution in [0.5, 0.6) is 0 Å². The van der Waals surface area contributed by atoms with E-state index in [1.54, 1.807) is 0 Å². The molecule has 0 saturated carbocycles. The van der Waals surface area contributed by atoms with Crippen LogP contribution in [0.25, 0.3) is 0 Å². The third-order valence-electron chi connectivity index (χ3n) is 3.89. The van der Waals surface area contributed by atoms with Crippen molar-refractivity contribution in [2.45, 2.75) is 10.9 Å². The predicted octanol–water partition coefficient (Wildman–Crippen LogP) is -0.177. The molecule has 10 nitrogen and oxygen atoms in total. The Labute approximate surface area is 157 Å². The number of ether oxygens (including phenoxy) is 1. The van der Waals surface area contributed by atoms with Crippen molar-refractivity contribution in [2.24, 2.45) is 5.73 Å². The molecule has 2 rings (SSSR count).